The Hall–Kier alpha value is -8.66. The Kier molecular flexibility index (Phi) is 7.83. The molecule has 1 spiro atoms. The predicted molar refractivity (Wildman–Crippen MR) is 278 cm³/mol. The molecule has 2 unspecified atom stereocenters. The normalized spacial score (nSPS) is 16.5. The van der Waals surface area contributed by atoms with Crippen LogP contribution in [-0.2, 0) is 5.41 Å². The predicted octanol–water partition coefficient (Wildman–Crippen LogP) is 16.7. The number of para-hydroxylation sites is 2. The van der Waals surface area contributed by atoms with E-state index in [4.69, 9.17) is 9.15 Å². The number of hydrogen-bond acceptors (Lipinski definition) is 3. The monoisotopic (exact) mass is 867 g/mol. The summed E-state index contributed by atoms with van der Waals surface area (Å²) in [6.45, 7) is 0. The number of fused-ring (bicyclic) bond motifs is 17. The smallest absolute Gasteiger partial charge is 0.135 e. The zero-order valence-corrected chi connectivity index (χ0v) is 36.9. The molecule has 11 aromatic rings. The van der Waals surface area contributed by atoms with Gasteiger partial charge in [-0.05, 0) is 127 Å². The number of allylic oxidation sites excluding steroid dienone is 2. The first-order valence-electron chi connectivity index (χ1n) is 23.6. The number of nitrogens with zero attached hydrogens (tertiary/aromatic N) is 1. The molecule has 0 bridgehead atoms. The van der Waals surface area contributed by atoms with Gasteiger partial charge in [-0.1, -0.05) is 176 Å². The van der Waals surface area contributed by atoms with Crippen LogP contribution in [0.5, 0.6) is 5.75 Å². The van der Waals surface area contributed by atoms with Crippen molar-refractivity contribution in [3.63, 3.8) is 0 Å². The van der Waals surface area contributed by atoms with E-state index in [0.29, 0.717) is 0 Å². The van der Waals surface area contributed by atoms with Crippen LogP contribution in [0.25, 0.3) is 71.7 Å². The molecule has 0 amide bonds. The standard InChI is InChI=1S/C65H41NO2/c1-2-15-42-39-63-53(36-41(42)14-1)52-38-44(31-35-62(52)68-63)46-16-6-11-25-58(46)66(45-32-28-40(29-33-45)43-30-34-61-51(37-43)49-19-7-12-27-60(49)67-61)59-26-13-24-57-64(59)50-20-5-10-23-56(50)65(57)54-21-8-3-17-47(54)48-18-4-9-22-55(48)65/h1-39,52,62H. The van der Waals surface area contributed by atoms with Gasteiger partial charge in [0.15, 0.2) is 0 Å². The van der Waals surface area contributed by atoms with E-state index in [1.54, 1.807) is 0 Å². The summed E-state index contributed by atoms with van der Waals surface area (Å²) in [7, 11) is 0. The quantitative estimate of drug-likeness (QED) is 0.172. The minimum Gasteiger partial charge on any atom is -0.485 e. The Balaban J connectivity index is 0.941. The summed E-state index contributed by atoms with van der Waals surface area (Å²) in [5, 5.41) is 4.69. The third kappa shape index (κ3) is 5.19. The highest BCUT2D eigenvalue weighted by atomic mass is 16.5. The second kappa shape index (κ2) is 14.2. The minimum absolute atomic E-state index is 0.0529. The Morgan fingerprint density at radius 2 is 1.04 bits per heavy atom. The molecular formula is C65H41NO2. The van der Waals surface area contributed by atoms with Crippen molar-refractivity contribution in [2.45, 2.75) is 17.4 Å². The van der Waals surface area contributed by atoms with E-state index >= 15 is 0 Å². The molecule has 3 heteroatoms. The molecule has 4 aliphatic rings. The molecule has 2 atom stereocenters. The highest BCUT2D eigenvalue weighted by Crippen LogP contribution is 2.65. The van der Waals surface area contributed by atoms with Gasteiger partial charge in [0.1, 0.15) is 23.0 Å². The lowest BCUT2D eigenvalue weighted by molar-refractivity contribution is 0.269. The van der Waals surface area contributed by atoms with Gasteiger partial charge in [0.05, 0.1) is 16.8 Å². The molecule has 0 saturated carbocycles. The summed E-state index contributed by atoms with van der Waals surface area (Å²) in [4.78, 5) is 2.51. The van der Waals surface area contributed by atoms with Gasteiger partial charge >= 0.3 is 0 Å². The average Bonchev–Trinajstić information content (AvgIpc) is 4.13. The summed E-state index contributed by atoms with van der Waals surface area (Å²) in [5.74, 6) is 1.06. The first-order valence-corrected chi connectivity index (χ1v) is 23.6. The highest BCUT2D eigenvalue weighted by molar-refractivity contribution is 6.07. The molecule has 15 rings (SSSR count). The Morgan fingerprint density at radius 3 is 1.84 bits per heavy atom. The molecule has 3 nitrogen and oxygen atoms in total. The van der Waals surface area contributed by atoms with E-state index in [9.17, 15) is 0 Å². The van der Waals surface area contributed by atoms with Gasteiger partial charge in [-0.2, -0.15) is 0 Å². The minimum atomic E-state index is -0.468. The second-order valence-corrected chi connectivity index (χ2v) is 18.6. The molecule has 318 valence electrons. The highest BCUT2D eigenvalue weighted by Gasteiger charge is 2.52. The van der Waals surface area contributed by atoms with Crippen LogP contribution in [0.4, 0.5) is 17.1 Å². The number of ether oxygens (including phenoxy) is 1. The van der Waals surface area contributed by atoms with Crippen LogP contribution < -0.4 is 9.64 Å². The molecule has 3 aliphatic carbocycles. The van der Waals surface area contributed by atoms with Crippen molar-refractivity contribution in [3.8, 4) is 39.1 Å². The molecule has 0 fully saturated rings. The van der Waals surface area contributed by atoms with Gasteiger partial charge in [-0.25, -0.2) is 0 Å². The second-order valence-electron chi connectivity index (χ2n) is 18.6. The van der Waals surface area contributed by atoms with Crippen LogP contribution in [0, 0.1) is 0 Å². The fourth-order valence-electron chi connectivity index (χ4n) is 12.3. The molecule has 68 heavy (non-hydrogen) atoms. The lowest BCUT2D eigenvalue weighted by Gasteiger charge is -2.32. The van der Waals surface area contributed by atoms with Crippen LogP contribution in [0.1, 0.15) is 39.3 Å². The van der Waals surface area contributed by atoms with Crippen LogP contribution in [0.15, 0.2) is 241 Å². The largest absolute Gasteiger partial charge is 0.485 e. The SMILES string of the molecule is C1=CC2Oc3cc4ccccc4cc3C2C=C1c1ccccc1N(c1ccc(-c2ccc3oc4ccccc4c3c2)cc1)c1cccc2c1-c1ccccc1C21c2ccccc2-c2ccccc21. The lowest BCUT2D eigenvalue weighted by Crippen LogP contribution is -2.26. The zero-order chi connectivity index (χ0) is 44.5. The third-order valence-electron chi connectivity index (χ3n) is 15.2. The summed E-state index contributed by atoms with van der Waals surface area (Å²) in [6.07, 6.45) is 6.92. The van der Waals surface area contributed by atoms with Gasteiger partial charge in [-0.3, -0.25) is 0 Å². The van der Waals surface area contributed by atoms with Crippen molar-refractivity contribution < 1.29 is 9.15 Å². The molecule has 0 N–H and O–H groups in total. The third-order valence-corrected chi connectivity index (χ3v) is 15.2. The summed E-state index contributed by atoms with van der Waals surface area (Å²) >= 11 is 0. The van der Waals surface area contributed by atoms with Gasteiger partial charge in [0, 0.05) is 39.1 Å². The van der Waals surface area contributed by atoms with E-state index in [0.717, 1.165) is 61.4 Å². The lowest BCUT2D eigenvalue weighted by atomic mass is 9.70. The van der Waals surface area contributed by atoms with Gasteiger partial charge in [-0.15, -0.1) is 0 Å². The van der Waals surface area contributed by atoms with E-state index < -0.39 is 5.41 Å². The maximum Gasteiger partial charge on any atom is 0.135 e. The Labute approximate surface area is 394 Å². The first kappa shape index (κ1) is 37.5. The summed E-state index contributed by atoms with van der Waals surface area (Å²) < 4.78 is 12.9. The zero-order valence-electron chi connectivity index (χ0n) is 36.9. The Morgan fingerprint density at radius 1 is 0.441 bits per heavy atom. The topological polar surface area (TPSA) is 25.6 Å². The Bertz CT molecular complexity index is 3940. The summed E-state index contributed by atoms with van der Waals surface area (Å²) in [6, 6.07) is 80.3. The molecule has 1 aromatic heterocycles. The van der Waals surface area contributed by atoms with E-state index in [-0.39, 0.29) is 12.0 Å². The van der Waals surface area contributed by atoms with Crippen molar-refractivity contribution >= 4 is 55.3 Å². The van der Waals surface area contributed by atoms with E-state index in [2.05, 4.69) is 229 Å². The molecule has 1 aliphatic heterocycles. The van der Waals surface area contributed by atoms with Crippen LogP contribution in [0.2, 0.25) is 0 Å². The molecule has 2 heterocycles. The number of furan rings is 1. The molecule has 10 aromatic carbocycles. The summed E-state index contributed by atoms with van der Waals surface area (Å²) in [5.41, 5.74) is 20.9. The average molecular weight is 868 g/mol. The number of hydrogen-bond donors (Lipinski definition) is 0. The number of anilines is 3. The fraction of sp³-hybridized carbons (Fsp3) is 0.0462. The van der Waals surface area contributed by atoms with Crippen LogP contribution >= 0.6 is 0 Å². The van der Waals surface area contributed by atoms with Crippen molar-refractivity contribution in [1.82, 2.24) is 0 Å². The fourth-order valence-corrected chi connectivity index (χ4v) is 12.3. The number of rotatable bonds is 5. The van der Waals surface area contributed by atoms with Crippen LogP contribution in [0.3, 0.4) is 0 Å². The van der Waals surface area contributed by atoms with Crippen molar-refractivity contribution in [2.24, 2.45) is 0 Å². The van der Waals surface area contributed by atoms with E-state index in [1.807, 2.05) is 12.1 Å². The van der Waals surface area contributed by atoms with Crippen molar-refractivity contribution in [1.29, 1.82) is 0 Å². The van der Waals surface area contributed by atoms with E-state index in [1.165, 1.54) is 66.4 Å². The maximum absolute atomic E-state index is 6.64. The molecule has 0 saturated heterocycles. The van der Waals surface area contributed by atoms with Crippen molar-refractivity contribution in [2.75, 3.05) is 4.90 Å². The van der Waals surface area contributed by atoms with Gasteiger partial charge in [0.25, 0.3) is 0 Å². The molecule has 0 radical (unpaired) electrons. The molecular weight excluding hydrogens is 827 g/mol. The van der Waals surface area contributed by atoms with Crippen LogP contribution in [-0.4, -0.2) is 6.10 Å². The van der Waals surface area contributed by atoms with Gasteiger partial charge < -0.3 is 14.1 Å². The number of benzene rings is 10. The van der Waals surface area contributed by atoms with Crippen molar-refractivity contribution in [3.05, 3.63) is 270 Å². The van der Waals surface area contributed by atoms with Gasteiger partial charge in [0.2, 0.25) is 0 Å². The maximum atomic E-state index is 6.64. The first-order chi connectivity index (χ1) is 33.7.